The Morgan fingerprint density at radius 3 is 2.59 bits per heavy atom. The van der Waals surface area contributed by atoms with Crippen LogP contribution in [-0.2, 0) is 25.7 Å². The first-order chi connectivity index (χ1) is 19.4. The van der Waals surface area contributed by atoms with E-state index in [0.29, 0.717) is 12.8 Å². The number of anilines is 1. The average Bonchev–Trinajstić information content (AvgIpc) is 3.54. The van der Waals surface area contributed by atoms with E-state index >= 15 is 0 Å². The molecule has 1 amide bonds. The first kappa shape index (κ1) is 30.0. The summed E-state index contributed by atoms with van der Waals surface area (Å²) in [5.41, 5.74) is 0.287. The van der Waals surface area contributed by atoms with Crippen molar-refractivity contribution in [1.82, 2.24) is 10.3 Å². The number of nitrogens with one attached hydrogen (secondary N) is 2. The zero-order chi connectivity index (χ0) is 29.6. The number of aliphatic hydroxyl groups excluding tert-OH is 1. The molecule has 2 heterocycles. The van der Waals surface area contributed by atoms with E-state index in [9.17, 15) is 24.8 Å². The van der Waals surface area contributed by atoms with E-state index < -0.39 is 40.3 Å². The molecule has 1 aliphatic rings. The van der Waals surface area contributed by atoms with Gasteiger partial charge in [-0.05, 0) is 62.3 Å². The molecule has 220 valence electrons. The van der Waals surface area contributed by atoms with Gasteiger partial charge in [0, 0.05) is 30.3 Å². The number of alkyl carbamates (subject to hydrolysis) is 1. The van der Waals surface area contributed by atoms with E-state index in [-0.39, 0.29) is 26.2 Å². The summed E-state index contributed by atoms with van der Waals surface area (Å²) < 4.78 is 11.7. The van der Waals surface area contributed by atoms with Crippen LogP contribution in [-0.4, -0.2) is 52.2 Å². The van der Waals surface area contributed by atoms with Gasteiger partial charge >= 0.3 is 12.1 Å². The fourth-order valence-corrected chi connectivity index (χ4v) is 5.20. The van der Waals surface area contributed by atoms with Gasteiger partial charge in [0.25, 0.3) is 5.09 Å². The van der Waals surface area contributed by atoms with Crippen molar-refractivity contribution in [3.05, 3.63) is 70.0 Å². The predicted octanol–water partition coefficient (Wildman–Crippen LogP) is 4.76. The minimum Gasteiger partial charge on any atom is -0.461 e. The molecule has 2 aromatic heterocycles. The second kappa shape index (κ2) is 12.7. The van der Waals surface area contributed by atoms with Gasteiger partial charge in [-0.15, -0.1) is 21.5 Å². The van der Waals surface area contributed by atoms with Gasteiger partial charge in [-0.3, -0.25) is 9.78 Å². The smallest absolute Gasteiger partial charge is 0.407 e. The standard InChI is InChI=1S/C28H34N4O8S/c1-27(2,3)40-26(35)30-14-21(25(34)31-23-12-20-8-11-29-15-22(20)41-23)19-6-4-18(5-7-19)16-38-24(33)13-28(9-10-28)17-39-32(36)37/h4-8,11-12,15,21,25,31,34H,9-10,13-14,16-17H2,1-3H3,(H,30,35)/t21-,25+/m1/s1. The number of amides is 1. The Morgan fingerprint density at radius 1 is 1.22 bits per heavy atom. The quantitative estimate of drug-likeness (QED) is 0.110. The first-order valence-corrected chi connectivity index (χ1v) is 14.0. The molecule has 0 spiro atoms. The molecule has 1 fully saturated rings. The molecule has 3 aromatic rings. The Bertz CT molecular complexity index is 1330. The summed E-state index contributed by atoms with van der Waals surface area (Å²) in [4.78, 5) is 43.7. The summed E-state index contributed by atoms with van der Waals surface area (Å²) in [7, 11) is 0. The van der Waals surface area contributed by atoms with Crippen LogP contribution in [0.25, 0.3) is 10.1 Å². The van der Waals surface area contributed by atoms with Gasteiger partial charge in [0.05, 0.1) is 16.1 Å². The van der Waals surface area contributed by atoms with Crippen molar-refractivity contribution in [2.45, 2.75) is 64.4 Å². The Hall–Kier alpha value is -3.97. The Kier molecular flexibility index (Phi) is 9.28. The minimum absolute atomic E-state index is 0.0305. The van der Waals surface area contributed by atoms with E-state index in [1.807, 2.05) is 12.1 Å². The zero-order valence-electron chi connectivity index (χ0n) is 23.1. The number of ether oxygens (including phenoxy) is 2. The molecule has 3 N–H and O–H groups in total. The summed E-state index contributed by atoms with van der Waals surface area (Å²) in [6.07, 6.45) is 3.24. The highest BCUT2D eigenvalue weighted by molar-refractivity contribution is 7.22. The van der Waals surface area contributed by atoms with Gasteiger partial charge in [-0.25, -0.2) is 4.79 Å². The normalized spacial score (nSPS) is 15.4. The number of thiophene rings is 1. The van der Waals surface area contributed by atoms with Crippen LogP contribution in [0.5, 0.6) is 0 Å². The molecule has 1 aliphatic carbocycles. The van der Waals surface area contributed by atoms with E-state index in [0.717, 1.165) is 26.2 Å². The number of rotatable bonds is 13. The monoisotopic (exact) mass is 586 g/mol. The summed E-state index contributed by atoms with van der Waals surface area (Å²) in [5.74, 6) is -0.991. The van der Waals surface area contributed by atoms with Crippen molar-refractivity contribution in [2.75, 3.05) is 18.5 Å². The number of benzene rings is 1. The maximum absolute atomic E-state index is 12.3. The molecular weight excluding hydrogens is 552 g/mol. The molecule has 2 atom stereocenters. The zero-order valence-corrected chi connectivity index (χ0v) is 23.9. The molecule has 13 heteroatoms. The second-order valence-electron chi connectivity index (χ2n) is 11.2. The van der Waals surface area contributed by atoms with Gasteiger partial charge in [0.15, 0.2) is 0 Å². The van der Waals surface area contributed by atoms with Gasteiger partial charge in [-0.1, -0.05) is 24.3 Å². The van der Waals surface area contributed by atoms with Crippen LogP contribution in [0, 0.1) is 15.5 Å². The molecule has 0 bridgehead atoms. The van der Waals surface area contributed by atoms with E-state index in [4.69, 9.17) is 9.47 Å². The number of pyridine rings is 1. The highest BCUT2D eigenvalue weighted by Crippen LogP contribution is 2.49. The number of aliphatic hydroxyl groups is 1. The van der Waals surface area contributed by atoms with Crippen LogP contribution >= 0.6 is 11.3 Å². The number of fused-ring (bicyclic) bond motifs is 1. The van der Waals surface area contributed by atoms with E-state index in [1.165, 1.54) is 11.3 Å². The van der Waals surface area contributed by atoms with Crippen LogP contribution in [0.15, 0.2) is 48.8 Å². The molecule has 4 rings (SSSR count). The van der Waals surface area contributed by atoms with Gasteiger partial charge in [-0.2, -0.15) is 0 Å². The van der Waals surface area contributed by atoms with Crippen molar-refractivity contribution in [2.24, 2.45) is 5.41 Å². The van der Waals surface area contributed by atoms with Crippen molar-refractivity contribution in [1.29, 1.82) is 0 Å². The third-order valence-corrected chi connectivity index (χ3v) is 7.64. The van der Waals surface area contributed by atoms with Crippen molar-refractivity contribution >= 4 is 38.5 Å². The fraction of sp³-hybridized carbons (Fsp3) is 0.464. The topological polar surface area (TPSA) is 162 Å². The van der Waals surface area contributed by atoms with Crippen LogP contribution in [0.4, 0.5) is 9.80 Å². The average molecular weight is 587 g/mol. The van der Waals surface area contributed by atoms with Crippen LogP contribution in [0.2, 0.25) is 0 Å². The second-order valence-corrected chi connectivity index (χ2v) is 12.3. The number of aromatic nitrogens is 1. The SMILES string of the molecule is CC(C)(C)OC(=O)NC[C@H](c1ccc(COC(=O)CC2(CO[N+](=O)[O-])CC2)cc1)[C@H](O)Nc1cc2ccncc2s1. The molecule has 0 saturated heterocycles. The lowest BCUT2D eigenvalue weighted by molar-refractivity contribution is -0.759. The summed E-state index contributed by atoms with van der Waals surface area (Å²) in [5, 5.41) is 28.4. The number of hydrogen-bond acceptors (Lipinski definition) is 11. The van der Waals surface area contributed by atoms with Gasteiger partial charge in [0.1, 0.15) is 25.0 Å². The minimum atomic E-state index is -1.05. The molecule has 1 aromatic carbocycles. The molecule has 1 saturated carbocycles. The first-order valence-electron chi connectivity index (χ1n) is 13.2. The molecule has 0 aliphatic heterocycles. The third kappa shape index (κ3) is 9.02. The Morgan fingerprint density at radius 2 is 1.95 bits per heavy atom. The Balaban J connectivity index is 1.39. The summed E-state index contributed by atoms with van der Waals surface area (Å²) >= 11 is 1.46. The lowest BCUT2D eigenvalue weighted by Gasteiger charge is -2.26. The van der Waals surface area contributed by atoms with Crippen molar-refractivity contribution in [3.8, 4) is 0 Å². The number of carbonyl (C=O) groups is 2. The maximum Gasteiger partial charge on any atom is 0.407 e. The lowest BCUT2D eigenvalue weighted by Crippen LogP contribution is -2.39. The van der Waals surface area contributed by atoms with E-state index in [1.54, 1.807) is 57.4 Å². The summed E-state index contributed by atoms with van der Waals surface area (Å²) in [6.45, 7) is 5.33. The lowest BCUT2D eigenvalue weighted by atomic mass is 9.96. The number of esters is 1. The largest absolute Gasteiger partial charge is 0.461 e. The highest BCUT2D eigenvalue weighted by Gasteiger charge is 2.46. The highest BCUT2D eigenvalue weighted by atomic mass is 32.1. The molecular formula is C28H34N4O8S. The van der Waals surface area contributed by atoms with Crippen LogP contribution in [0.3, 0.4) is 0 Å². The number of carbonyl (C=O) groups excluding carboxylic acids is 2. The molecule has 0 radical (unpaired) electrons. The van der Waals surface area contributed by atoms with E-state index in [2.05, 4.69) is 20.5 Å². The number of nitrogens with zero attached hydrogens (tertiary/aromatic N) is 2. The maximum atomic E-state index is 12.3. The summed E-state index contributed by atoms with van der Waals surface area (Å²) in [6, 6.07) is 11.0. The fourth-order valence-electron chi connectivity index (χ4n) is 4.24. The molecule has 0 unspecified atom stereocenters. The third-order valence-electron chi connectivity index (χ3n) is 6.62. The number of hydrogen-bond donors (Lipinski definition) is 3. The van der Waals surface area contributed by atoms with Crippen LogP contribution in [0.1, 0.15) is 57.1 Å². The van der Waals surface area contributed by atoms with Crippen molar-refractivity contribution < 1.29 is 34.1 Å². The molecule has 41 heavy (non-hydrogen) atoms. The van der Waals surface area contributed by atoms with Crippen molar-refractivity contribution in [3.63, 3.8) is 0 Å². The van der Waals surface area contributed by atoms with Gasteiger partial charge in [0.2, 0.25) is 0 Å². The molecule has 12 nitrogen and oxygen atoms in total. The van der Waals surface area contributed by atoms with Gasteiger partial charge < -0.3 is 30.1 Å². The van der Waals surface area contributed by atoms with Crippen LogP contribution < -0.4 is 10.6 Å². The Labute approximate surface area is 241 Å². The predicted molar refractivity (Wildman–Crippen MR) is 152 cm³/mol.